The molecule has 0 amide bonds. The van der Waals surface area contributed by atoms with Crippen LogP contribution in [-0.2, 0) is 39.3 Å². The molecule has 0 radical (unpaired) electrons. The van der Waals surface area contributed by atoms with Gasteiger partial charge in [0, 0.05) is 25.0 Å². The second-order valence-electron chi connectivity index (χ2n) is 6.02. The second kappa shape index (κ2) is 6.43. The monoisotopic (exact) mass is 454 g/mol. The SMILES string of the molecule is CS(=O)(=O)C(=c1[n-]c(=C(S(C)(=O)=O)S(C)(=O)=O)c2ccccc12)S(C)(=O)=O. The van der Waals surface area contributed by atoms with Gasteiger partial charge in [0.2, 0.25) is 0 Å². The third-order valence-corrected chi connectivity index (χ3v) is 10.5. The van der Waals surface area contributed by atoms with Crippen molar-refractivity contribution in [3.63, 3.8) is 0 Å². The van der Waals surface area contributed by atoms with Crippen LogP contribution in [0, 0.1) is 0 Å². The van der Waals surface area contributed by atoms with Gasteiger partial charge in [-0.1, -0.05) is 35.0 Å². The van der Waals surface area contributed by atoms with E-state index in [1.807, 2.05) is 0 Å². The van der Waals surface area contributed by atoms with Crippen LogP contribution in [0.15, 0.2) is 24.3 Å². The van der Waals surface area contributed by atoms with E-state index in [-0.39, 0.29) is 10.8 Å². The highest BCUT2D eigenvalue weighted by molar-refractivity contribution is 8.22. The highest BCUT2D eigenvalue weighted by Gasteiger charge is 2.25. The van der Waals surface area contributed by atoms with E-state index in [0.717, 1.165) is 0 Å². The Balaban J connectivity index is 3.53. The van der Waals surface area contributed by atoms with Crippen LogP contribution in [0.1, 0.15) is 0 Å². The molecule has 0 spiro atoms. The zero-order valence-corrected chi connectivity index (χ0v) is 17.9. The molecule has 9 nitrogen and oxygen atoms in total. The Morgan fingerprint density at radius 3 is 1.07 bits per heavy atom. The molecule has 0 fully saturated rings. The minimum absolute atomic E-state index is 0.00292. The van der Waals surface area contributed by atoms with Crippen LogP contribution in [0.3, 0.4) is 0 Å². The summed E-state index contributed by atoms with van der Waals surface area (Å²) in [4.78, 5) is 3.87. The normalized spacial score (nSPS) is 13.6. The van der Waals surface area contributed by atoms with Crippen molar-refractivity contribution in [2.24, 2.45) is 0 Å². The van der Waals surface area contributed by atoms with Crippen molar-refractivity contribution in [2.75, 3.05) is 25.0 Å². The summed E-state index contributed by atoms with van der Waals surface area (Å²) < 4.78 is 94.7. The molecule has 0 saturated carbocycles. The van der Waals surface area contributed by atoms with E-state index in [4.69, 9.17) is 0 Å². The van der Waals surface area contributed by atoms with E-state index in [1.165, 1.54) is 24.3 Å². The first kappa shape index (κ1) is 21.6. The van der Waals surface area contributed by atoms with Crippen molar-refractivity contribution in [1.29, 1.82) is 0 Å². The zero-order valence-electron chi connectivity index (χ0n) is 14.7. The number of hydrogen-bond donors (Lipinski definition) is 0. The molecule has 0 aliphatic rings. The number of rotatable bonds is 4. The second-order valence-corrected chi connectivity index (χ2v) is 14.3. The van der Waals surface area contributed by atoms with E-state index >= 15 is 0 Å². The molecule has 0 saturated heterocycles. The molecule has 2 aromatic rings. The summed E-state index contributed by atoms with van der Waals surface area (Å²) in [7, 11) is -17.2. The van der Waals surface area contributed by atoms with Gasteiger partial charge in [0.15, 0.2) is 39.3 Å². The fourth-order valence-corrected chi connectivity index (χ4v) is 9.12. The van der Waals surface area contributed by atoms with Crippen molar-refractivity contribution in [3.8, 4) is 0 Å². The molecule has 0 aliphatic carbocycles. The minimum atomic E-state index is -4.29. The molecule has 0 atom stereocenters. The number of benzene rings is 1. The molecule has 1 aromatic carbocycles. The molecule has 2 rings (SSSR count). The lowest BCUT2D eigenvalue weighted by molar-refractivity contribution is 0.602. The molecule has 0 bridgehead atoms. The highest BCUT2D eigenvalue weighted by atomic mass is 32.3. The molecule has 1 heterocycles. The smallest absolute Gasteiger partial charge is 0.185 e. The summed E-state index contributed by atoms with van der Waals surface area (Å²) in [6.45, 7) is 0. The topological polar surface area (TPSA) is 151 Å². The Morgan fingerprint density at radius 1 is 0.593 bits per heavy atom. The van der Waals surface area contributed by atoms with Crippen molar-refractivity contribution in [2.45, 2.75) is 0 Å². The van der Waals surface area contributed by atoms with Gasteiger partial charge in [-0.05, 0) is 10.8 Å². The van der Waals surface area contributed by atoms with Crippen molar-refractivity contribution >= 4 is 58.6 Å². The summed E-state index contributed by atoms with van der Waals surface area (Å²) >= 11 is 0. The third kappa shape index (κ3) is 4.25. The molecule has 150 valence electrons. The maximum atomic E-state index is 12.1. The summed E-state index contributed by atoms with van der Waals surface area (Å²) in [6.07, 6.45) is 2.68. The number of hydrogen-bond acceptors (Lipinski definition) is 8. The fourth-order valence-electron chi connectivity index (χ4n) is 2.69. The largest absolute Gasteiger partial charge is 0.654 e. The maximum absolute atomic E-state index is 12.1. The zero-order chi connectivity index (χ0) is 21.0. The lowest BCUT2D eigenvalue weighted by Crippen LogP contribution is -2.28. The molecule has 13 heteroatoms. The third-order valence-electron chi connectivity index (χ3n) is 3.39. The first-order valence-electron chi connectivity index (χ1n) is 7.06. The van der Waals surface area contributed by atoms with Crippen LogP contribution >= 0.6 is 0 Å². The van der Waals surface area contributed by atoms with Crippen LogP contribution < -0.4 is 15.7 Å². The van der Waals surface area contributed by atoms with Crippen molar-refractivity contribution in [3.05, 3.63) is 35.0 Å². The lowest BCUT2D eigenvalue weighted by atomic mass is 10.2. The van der Waals surface area contributed by atoms with Gasteiger partial charge in [-0.15, -0.1) is 0 Å². The Labute approximate surface area is 157 Å². The lowest BCUT2D eigenvalue weighted by Gasteiger charge is -2.08. The van der Waals surface area contributed by atoms with Crippen LogP contribution in [-0.4, -0.2) is 58.7 Å². The van der Waals surface area contributed by atoms with Crippen molar-refractivity contribution < 1.29 is 33.7 Å². The summed E-state index contributed by atoms with van der Waals surface area (Å²) in [6, 6.07) is 5.58. The van der Waals surface area contributed by atoms with E-state index in [2.05, 4.69) is 4.98 Å². The molecule has 0 unspecified atom stereocenters. The van der Waals surface area contributed by atoms with Crippen LogP contribution in [0.2, 0.25) is 0 Å². The van der Waals surface area contributed by atoms with Crippen LogP contribution in [0.5, 0.6) is 0 Å². The molecule has 0 N–H and O–H groups in total. The van der Waals surface area contributed by atoms with Gasteiger partial charge in [0.1, 0.15) is 8.47 Å². The quantitative estimate of drug-likeness (QED) is 0.516. The molecule has 27 heavy (non-hydrogen) atoms. The van der Waals surface area contributed by atoms with E-state index in [1.54, 1.807) is 0 Å². The number of fused-ring (bicyclic) bond motifs is 1. The van der Waals surface area contributed by atoms with Gasteiger partial charge in [0.05, 0.1) is 0 Å². The van der Waals surface area contributed by atoms with Gasteiger partial charge in [-0.25, -0.2) is 33.7 Å². The predicted molar refractivity (Wildman–Crippen MR) is 103 cm³/mol. The van der Waals surface area contributed by atoms with E-state index < -0.39 is 58.5 Å². The number of aromatic nitrogens is 1. The van der Waals surface area contributed by atoms with Crippen LogP contribution in [0.25, 0.3) is 19.2 Å². The predicted octanol–water partition coefficient (Wildman–Crippen LogP) is -1.89. The standard InChI is InChI=1S/C14H16NO8S4/c1-24(16,17)13(25(2,18)19)11-9-7-5-6-8-10(9)12(15-11)14(26(3,20)21)27(4,22)23/h5-8H,1-4H3/q-1. The Hall–Kier alpha value is -1.70. The van der Waals surface area contributed by atoms with Gasteiger partial charge in [0.25, 0.3) is 0 Å². The minimum Gasteiger partial charge on any atom is -0.654 e. The highest BCUT2D eigenvalue weighted by Crippen LogP contribution is 2.17. The van der Waals surface area contributed by atoms with Gasteiger partial charge >= 0.3 is 0 Å². The van der Waals surface area contributed by atoms with Gasteiger partial charge < -0.3 is 4.98 Å². The first-order valence-corrected chi connectivity index (χ1v) is 14.6. The summed E-state index contributed by atoms with van der Waals surface area (Å²) in [5, 5.41) is -1.03. The Kier molecular flexibility index (Phi) is 5.14. The fraction of sp³-hybridized carbons (Fsp3) is 0.286. The summed E-state index contributed by atoms with van der Waals surface area (Å²) in [5.74, 6) is 0. The molecular weight excluding hydrogens is 438 g/mol. The molecule has 0 aliphatic heterocycles. The summed E-state index contributed by atoms with van der Waals surface area (Å²) in [5.41, 5.74) is 0. The average molecular weight is 455 g/mol. The number of sulfone groups is 4. The van der Waals surface area contributed by atoms with Crippen molar-refractivity contribution in [1.82, 2.24) is 4.98 Å². The van der Waals surface area contributed by atoms with E-state index in [9.17, 15) is 33.7 Å². The van der Waals surface area contributed by atoms with Gasteiger partial charge in [-0.3, -0.25) is 0 Å². The first-order chi connectivity index (χ1) is 12.0. The molecule has 1 aromatic heterocycles. The average Bonchev–Trinajstić information content (AvgIpc) is 2.71. The Morgan fingerprint density at radius 2 is 0.852 bits per heavy atom. The molecular formula is C14H16NO8S4-. The Bertz CT molecular complexity index is 1310. The van der Waals surface area contributed by atoms with E-state index in [0.29, 0.717) is 25.0 Å². The maximum Gasteiger partial charge on any atom is 0.185 e. The van der Waals surface area contributed by atoms with Gasteiger partial charge in [-0.2, -0.15) is 0 Å². The number of nitrogens with zero attached hydrogens (tertiary/aromatic N) is 1. The van der Waals surface area contributed by atoms with Crippen LogP contribution in [0.4, 0.5) is 0 Å².